The lowest BCUT2D eigenvalue weighted by Gasteiger charge is -2.27. The third kappa shape index (κ3) is 4.52. The fourth-order valence-electron chi connectivity index (χ4n) is 5.01. The number of ether oxygens (including phenoxy) is 2. The first-order valence-corrected chi connectivity index (χ1v) is 13.2. The molecule has 3 heterocycles. The predicted molar refractivity (Wildman–Crippen MR) is 148 cm³/mol. The highest BCUT2D eigenvalue weighted by molar-refractivity contribution is 5.88. The molecule has 0 aliphatic carbocycles. The number of para-hydroxylation sites is 2. The van der Waals surface area contributed by atoms with E-state index in [0.717, 1.165) is 16.5 Å². The molecule has 2 aromatic carbocycles. The summed E-state index contributed by atoms with van der Waals surface area (Å²) in [6.45, 7) is 18.4. The Bertz CT molecular complexity index is 1310. The van der Waals surface area contributed by atoms with Gasteiger partial charge in [0.05, 0.1) is 22.4 Å². The predicted octanol–water partition coefficient (Wildman–Crippen LogP) is 8.32. The van der Waals surface area contributed by atoms with Crippen molar-refractivity contribution in [3.8, 4) is 11.5 Å². The Morgan fingerprint density at radius 1 is 0.889 bits per heavy atom. The van der Waals surface area contributed by atoms with Crippen LogP contribution < -0.4 is 15.1 Å². The molecule has 36 heavy (non-hydrogen) atoms. The van der Waals surface area contributed by atoms with Crippen molar-refractivity contribution in [1.82, 2.24) is 0 Å². The second-order valence-electron chi connectivity index (χ2n) is 9.35. The van der Waals surface area contributed by atoms with Gasteiger partial charge in [-0.3, -0.25) is 0 Å². The summed E-state index contributed by atoms with van der Waals surface area (Å²) in [4.78, 5) is 13.2. The number of hydrogen-bond donors (Lipinski definition) is 1. The van der Waals surface area contributed by atoms with Gasteiger partial charge in [-0.25, -0.2) is 4.79 Å². The molecule has 0 saturated heterocycles. The van der Waals surface area contributed by atoms with Gasteiger partial charge in [-0.1, -0.05) is 79.7 Å². The Balaban J connectivity index is 0.000000861. The molecule has 2 unspecified atom stereocenters. The highest BCUT2D eigenvalue weighted by Gasteiger charge is 2.42. The van der Waals surface area contributed by atoms with Crippen LogP contribution in [0.25, 0.3) is 16.7 Å². The van der Waals surface area contributed by atoms with Crippen LogP contribution in [0.5, 0.6) is 11.5 Å². The van der Waals surface area contributed by atoms with E-state index in [4.69, 9.17) is 13.9 Å². The fourth-order valence-corrected chi connectivity index (χ4v) is 5.01. The van der Waals surface area contributed by atoms with Gasteiger partial charge >= 0.3 is 5.63 Å². The highest BCUT2D eigenvalue weighted by Crippen LogP contribution is 2.49. The van der Waals surface area contributed by atoms with Crippen LogP contribution in [0.2, 0.25) is 0 Å². The van der Waals surface area contributed by atoms with Gasteiger partial charge in [0.1, 0.15) is 35.6 Å². The van der Waals surface area contributed by atoms with Crippen molar-refractivity contribution in [1.29, 1.82) is 0 Å². The quantitative estimate of drug-likeness (QED) is 0.372. The summed E-state index contributed by atoms with van der Waals surface area (Å²) in [5.41, 5.74) is 3.94. The largest absolute Gasteiger partial charge is 0.507 e. The number of hydrogen-bond acceptors (Lipinski definition) is 5. The maximum absolute atomic E-state index is 13.2. The van der Waals surface area contributed by atoms with Gasteiger partial charge in [-0.05, 0) is 42.0 Å². The van der Waals surface area contributed by atoms with E-state index in [-0.39, 0.29) is 30.3 Å². The first kappa shape index (κ1) is 27.4. The van der Waals surface area contributed by atoms with Gasteiger partial charge in [-0.2, -0.15) is 0 Å². The van der Waals surface area contributed by atoms with E-state index in [1.54, 1.807) is 0 Å². The van der Waals surface area contributed by atoms with E-state index in [1.807, 2.05) is 71.0 Å². The number of rotatable bonds is 3. The second-order valence-corrected chi connectivity index (χ2v) is 9.35. The molecule has 0 bridgehead atoms. The molecule has 5 heteroatoms. The van der Waals surface area contributed by atoms with Crippen LogP contribution in [0.3, 0.4) is 0 Å². The minimum absolute atomic E-state index is 0.164. The first-order chi connectivity index (χ1) is 17.3. The van der Waals surface area contributed by atoms with Gasteiger partial charge in [0.2, 0.25) is 0 Å². The van der Waals surface area contributed by atoms with Crippen LogP contribution in [-0.2, 0) is 0 Å². The smallest absolute Gasteiger partial charge is 0.344 e. The molecule has 0 amide bonds. The van der Waals surface area contributed by atoms with Crippen LogP contribution >= 0.6 is 0 Å². The monoisotopic (exact) mass is 492 g/mol. The normalized spacial score (nSPS) is 18.0. The van der Waals surface area contributed by atoms with Gasteiger partial charge in [-0.15, -0.1) is 0 Å². The second kappa shape index (κ2) is 11.2. The van der Waals surface area contributed by atoms with Gasteiger partial charge < -0.3 is 19.0 Å². The topological polar surface area (TPSA) is 68.9 Å². The van der Waals surface area contributed by atoms with E-state index in [2.05, 4.69) is 27.7 Å². The Hall–Kier alpha value is -3.21. The molecule has 5 nitrogen and oxygen atoms in total. The Labute approximate surface area is 214 Å². The number of benzene rings is 2. The zero-order chi connectivity index (χ0) is 26.7. The molecular formula is C31H40O5. The Morgan fingerprint density at radius 3 is 2.14 bits per heavy atom. The highest BCUT2D eigenvalue weighted by atomic mass is 16.5. The SMILES string of the molecule is CC.CC.CC(C)c1cccc2c1OCC(C1c3c(c4cccc(C(C)C)c4oc3=O)OC1C)=C2O. The van der Waals surface area contributed by atoms with Crippen molar-refractivity contribution in [2.24, 2.45) is 0 Å². The van der Waals surface area contributed by atoms with E-state index >= 15 is 0 Å². The van der Waals surface area contributed by atoms with Crippen LogP contribution in [-0.4, -0.2) is 17.8 Å². The first-order valence-electron chi connectivity index (χ1n) is 13.2. The molecule has 5 rings (SSSR count). The molecule has 2 aliphatic rings. The maximum Gasteiger partial charge on any atom is 0.344 e. The summed E-state index contributed by atoms with van der Waals surface area (Å²) in [5, 5.41) is 12.1. The Morgan fingerprint density at radius 2 is 1.50 bits per heavy atom. The Kier molecular flexibility index (Phi) is 8.55. The van der Waals surface area contributed by atoms with E-state index in [1.165, 1.54) is 0 Å². The molecule has 2 aliphatic heterocycles. The summed E-state index contributed by atoms with van der Waals surface area (Å²) < 4.78 is 18.2. The minimum atomic E-state index is -0.441. The van der Waals surface area contributed by atoms with Crippen molar-refractivity contribution in [3.05, 3.63) is 74.6 Å². The molecule has 0 radical (unpaired) electrons. The van der Waals surface area contributed by atoms with Crippen molar-refractivity contribution in [2.75, 3.05) is 6.61 Å². The van der Waals surface area contributed by atoms with Crippen molar-refractivity contribution in [3.63, 3.8) is 0 Å². The summed E-state index contributed by atoms with van der Waals surface area (Å²) in [7, 11) is 0. The summed E-state index contributed by atoms with van der Waals surface area (Å²) in [5.74, 6) is 1.46. The molecule has 0 fully saturated rings. The summed E-state index contributed by atoms with van der Waals surface area (Å²) in [6.07, 6.45) is -0.336. The lowest BCUT2D eigenvalue weighted by Crippen LogP contribution is -2.26. The van der Waals surface area contributed by atoms with Crippen LogP contribution in [0.4, 0.5) is 0 Å². The average Bonchev–Trinajstić information content (AvgIpc) is 3.23. The van der Waals surface area contributed by atoms with Crippen molar-refractivity contribution < 1.29 is 19.0 Å². The minimum Gasteiger partial charge on any atom is -0.507 e. The standard InChI is InChI=1S/C27H28O5.2C2H6/c1-13(2)16-8-6-10-18-23(28)20(12-30-24(16)18)21-15(5)31-26-19-11-7-9-17(14(3)4)25(19)32-27(29)22(21)26;2*1-2/h6-11,13-15,21,28H,12H2,1-5H3;2*1-2H3. The third-order valence-corrected chi connectivity index (χ3v) is 6.63. The van der Waals surface area contributed by atoms with E-state index < -0.39 is 11.5 Å². The number of aliphatic hydroxyl groups excluding tert-OH is 1. The lowest BCUT2D eigenvalue weighted by molar-refractivity contribution is 0.227. The summed E-state index contributed by atoms with van der Waals surface area (Å²) in [6, 6.07) is 11.7. The van der Waals surface area contributed by atoms with Crippen LogP contribution in [0, 0.1) is 0 Å². The molecule has 3 aromatic rings. The zero-order valence-electron chi connectivity index (χ0n) is 23.1. The molecule has 0 spiro atoms. The van der Waals surface area contributed by atoms with Crippen molar-refractivity contribution >= 4 is 16.7 Å². The van der Waals surface area contributed by atoms with Crippen LogP contribution in [0.1, 0.15) is 102 Å². The molecule has 1 N–H and O–H groups in total. The molecular weight excluding hydrogens is 452 g/mol. The molecule has 194 valence electrons. The lowest BCUT2D eigenvalue weighted by atomic mass is 9.85. The zero-order valence-corrected chi connectivity index (χ0v) is 23.1. The third-order valence-electron chi connectivity index (χ3n) is 6.63. The van der Waals surface area contributed by atoms with Gasteiger partial charge in [0, 0.05) is 5.57 Å². The molecule has 2 atom stereocenters. The molecule has 1 aromatic heterocycles. The fraction of sp³-hybridized carbons (Fsp3) is 0.452. The van der Waals surface area contributed by atoms with Crippen LogP contribution in [0.15, 0.2) is 51.2 Å². The summed E-state index contributed by atoms with van der Waals surface area (Å²) >= 11 is 0. The molecule has 0 saturated carbocycles. The maximum atomic E-state index is 13.2. The van der Waals surface area contributed by atoms with E-state index in [0.29, 0.717) is 33.8 Å². The number of aliphatic hydroxyl groups is 1. The number of fused-ring (bicyclic) bond motifs is 4. The van der Waals surface area contributed by atoms with Gasteiger partial charge in [0.25, 0.3) is 0 Å². The van der Waals surface area contributed by atoms with Gasteiger partial charge in [0.15, 0.2) is 0 Å². The average molecular weight is 493 g/mol. The van der Waals surface area contributed by atoms with E-state index in [9.17, 15) is 9.90 Å². The van der Waals surface area contributed by atoms with Crippen molar-refractivity contribution in [2.45, 2.75) is 86.2 Å².